The lowest BCUT2D eigenvalue weighted by molar-refractivity contribution is -0.119. The summed E-state index contributed by atoms with van der Waals surface area (Å²) in [6.07, 6.45) is 0. The molecule has 0 aromatic heterocycles. The molecule has 0 unspecified atom stereocenters. The maximum absolute atomic E-state index is 13.7. The van der Waals surface area contributed by atoms with E-state index in [1.54, 1.807) is 6.07 Å². The SMILES string of the molecule is C[C@@H](c1ccccc1F)N1CCN(CC(N)=O)CC1. The first kappa shape index (κ1) is 14.0. The predicted octanol–water partition coefficient (Wildman–Crippen LogP) is 0.990. The van der Waals surface area contributed by atoms with Gasteiger partial charge < -0.3 is 5.73 Å². The first-order valence-electron chi connectivity index (χ1n) is 6.57. The van der Waals surface area contributed by atoms with Crippen LogP contribution in [0.2, 0.25) is 0 Å². The minimum Gasteiger partial charge on any atom is -0.369 e. The van der Waals surface area contributed by atoms with Gasteiger partial charge in [-0.05, 0) is 13.0 Å². The third-order valence-electron chi connectivity index (χ3n) is 3.69. The summed E-state index contributed by atoms with van der Waals surface area (Å²) in [6, 6.07) is 6.94. The summed E-state index contributed by atoms with van der Waals surface area (Å²) >= 11 is 0. The van der Waals surface area contributed by atoms with Gasteiger partial charge in [0.05, 0.1) is 6.54 Å². The van der Waals surface area contributed by atoms with Gasteiger partial charge in [0.25, 0.3) is 0 Å². The number of hydrogen-bond donors (Lipinski definition) is 1. The number of carbonyl (C=O) groups excluding carboxylic acids is 1. The molecule has 0 saturated carbocycles. The van der Waals surface area contributed by atoms with Crippen LogP contribution >= 0.6 is 0 Å². The number of nitrogens with zero attached hydrogens (tertiary/aromatic N) is 2. The highest BCUT2D eigenvalue weighted by Crippen LogP contribution is 2.23. The summed E-state index contributed by atoms with van der Waals surface area (Å²) in [6.45, 7) is 5.55. The third kappa shape index (κ3) is 3.52. The lowest BCUT2D eigenvalue weighted by atomic mass is 10.1. The van der Waals surface area contributed by atoms with Crippen LogP contribution in [0.4, 0.5) is 4.39 Å². The van der Waals surface area contributed by atoms with Gasteiger partial charge in [0.1, 0.15) is 5.82 Å². The number of carbonyl (C=O) groups is 1. The van der Waals surface area contributed by atoms with Crippen molar-refractivity contribution in [3.05, 3.63) is 35.6 Å². The summed E-state index contributed by atoms with van der Waals surface area (Å²) in [5.74, 6) is -0.454. The largest absolute Gasteiger partial charge is 0.369 e. The zero-order chi connectivity index (χ0) is 13.8. The molecule has 1 amide bonds. The van der Waals surface area contributed by atoms with Crippen LogP contribution < -0.4 is 5.73 Å². The van der Waals surface area contributed by atoms with Gasteiger partial charge >= 0.3 is 0 Å². The van der Waals surface area contributed by atoms with Gasteiger partial charge in [-0.2, -0.15) is 0 Å². The molecule has 19 heavy (non-hydrogen) atoms. The molecule has 2 N–H and O–H groups in total. The molecular formula is C14H20FN3O. The van der Waals surface area contributed by atoms with E-state index in [1.807, 2.05) is 24.0 Å². The van der Waals surface area contributed by atoms with E-state index in [0.29, 0.717) is 6.54 Å². The highest BCUT2D eigenvalue weighted by molar-refractivity contribution is 5.75. The molecule has 0 radical (unpaired) electrons. The fourth-order valence-electron chi connectivity index (χ4n) is 2.54. The number of nitrogens with two attached hydrogens (primary N) is 1. The average molecular weight is 265 g/mol. The molecule has 0 aliphatic carbocycles. The fourth-order valence-corrected chi connectivity index (χ4v) is 2.54. The van der Waals surface area contributed by atoms with Gasteiger partial charge in [-0.3, -0.25) is 14.6 Å². The van der Waals surface area contributed by atoms with Crippen molar-refractivity contribution in [3.63, 3.8) is 0 Å². The van der Waals surface area contributed by atoms with Crippen LogP contribution in [-0.2, 0) is 4.79 Å². The van der Waals surface area contributed by atoms with E-state index < -0.39 is 0 Å². The van der Waals surface area contributed by atoms with Crippen molar-refractivity contribution in [2.45, 2.75) is 13.0 Å². The van der Waals surface area contributed by atoms with Crippen LogP contribution in [0, 0.1) is 5.82 Å². The predicted molar refractivity (Wildman–Crippen MR) is 72.0 cm³/mol. The lowest BCUT2D eigenvalue weighted by Crippen LogP contribution is -2.49. The van der Waals surface area contributed by atoms with Crippen LogP contribution in [0.3, 0.4) is 0 Å². The molecule has 4 nitrogen and oxygen atoms in total. The zero-order valence-electron chi connectivity index (χ0n) is 11.2. The van der Waals surface area contributed by atoms with E-state index >= 15 is 0 Å². The number of hydrogen-bond acceptors (Lipinski definition) is 3. The highest BCUT2D eigenvalue weighted by Gasteiger charge is 2.23. The summed E-state index contributed by atoms with van der Waals surface area (Å²) in [7, 11) is 0. The van der Waals surface area contributed by atoms with Crippen LogP contribution in [0.15, 0.2) is 24.3 Å². The Morgan fingerprint density at radius 3 is 2.53 bits per heavy atom. The summed E-state index contributed by atoms with van der Waals surface area (Å²) in [5, 5.41) is 0. The number of primary amides is 1. The molecule has 2 rings (SSSR count). The Bertz CT molecular complexity index is 444. The number of halogens is 1. The minimum atomic E-state index is -0.296. The smallest absolute Gasteiger partial charge is 0.231 e. The first-order chi connectivity index (χ1) is 9.08. The van der Waals surface area contributed by atoms with Crippen molar-refractivity contribution in [1.29, 1.82) is 0 Å². The Morgan fingerprint density at radius 2 is 1.95 bits per heavy atom. The lowest BCUT2D eigenvalue weighted by Gasteiger charge is -2.37. The van der Waals surface area contributed by atoms with Crippen LogP contribution in [0.1, 0.15) is 18.5 Å². The molecule has 1 aromatic rings. The molecule has 104 valence electrons. The zero-order valence-corrected chi connectivity index (χ0v) is 11.2. The maximum Gasteiger partial charge on any atom is 0.231 e. The van der Waals surface area contributed by atoms with E-state index in [4.69, 9.17) is 5.73 Å². The molecule has 5 heteroatoms. The average Bonchev–Trinajstić information content (AvgIpc) is 2.39. The summed E-state index contributed by atoms with van der Waals surface area (Å²) < 4.78 is 13.7. The van der Waals surface area contributed by atoms with Crippen molar-refractivity contribution in [3.8, 4) is 0 Å². The summed E-state index contributed by atoms with van der Waals surface area (Å²) in [5.41, 5.74) is 5.91. The van der Waals surface area contributed by atoms with Crippen molar-refractivity contribution in [1.82, 2.24) is 9.80 Å². The molecule has 0 spiro atoms. The Labute approximate surface area is 113 Å². The summed E-state index contributed by atoms with van der Waals surface area (Å²) in [4.78, 5) is 15.1. The van der Waals surface area contributed by atoms with Gasteiger partial charge in [0.15, 0.2) is 0 Å². The van der Waals surface area contributed by atoms with Gasteiger partial charge in [-0.25, -0.2) is 4.39 Å². The van der Waals surface area contributed by atoms with Gasteiger partial charge in [-0.15, -0.1) is 0 Å². The number of rotatable bonds is 4. The third-order valence-corrected chi connectivity index (χ3v) is 3.69. The van der Waals surface area contributed by atoms with Crippen molar-refractivity contribution in [2.75, 3.05) is 32.7 Å². The van der Waals surface area contributed by atoms with Gasteiger partial charge in [0.2, 0.25) is 5.91 Å². The topological polar surface area (TPSA) is 49.6 Å². The Kier molecular flexibility index (Phi) is 4.50. The number of piperazine rings is 1. The molecule has 1 heterocycles. The van der Waals surface area contributed by atoms with Crippen molar-refractivity contribution < 1.29 is 9.18 Å². The molecule has 1 atom stereocenters. The molecule has 0 bridgehead atoms. The number of benzene rings is 1. The van der Waals surface area contributed by atoms with Gasteiger partial charge in [-0.1, -0.05) is 18.2 Å². The minimum absolute atomic E-state index is 0.0527. The van der Waals surface area contributed by atoms with Crippen molar-refractivity contribution >= 4 is 5.91 Å². The molecular weight excluding hydrogens is 245 g/mol. The second-order valence-corrected chi connectivity index (χ2v) is 4.98. The van der Waals surface area contributed by atoms with Crippen LogP contribution in [0.25, 0.3) is 0 Å². The Hall–Kier alpha value is -1.46. The molecule has 1 saturated heterocycles. The van der Waals surface area contributed by atoms with Crippen LogP contribution in [0.5, 0.6) is 0 Å². The Balaban J connectivity index is 1.94. The van der Waals surface area contributed by atoms with Crippen LogP contribution in [-0.4, -0.2) is 48.4 Å². The highest BCUT2D eigenvalue weighted by atomic mass is 19.1. The second-order valence-electron chi connectivity index (χ2n) is 4.98. The van der Waals surface area contributed by atoms with Gasteiger partial charge in [0, 0.05) is 37.8 Å². The molecule has 1 fully saturated rings. The Morgan fingerprint density at radius 1 is 1.32 bits per heavy atom. The normalized spacial score (nSPS) is 19.3. The molecule has 1 aromatic carbocycles. The first-order valence-corrected chi connectivity index (χ1v) is 6.57. The van der Waals surface area contributed by atoms with Crippen molar-refractivity contribution in [2.24, 2.45) is 5.73 Å². The fraction of sp³-hybridized carbons (Fsp3) is 0.500. The molecule has 1 aliphatic heterocycles. The van der Waals surface area contributed by atoms with E-state index in [-0.39, 0.29) is 17.8 Å². The standard InChI is InChI=1S/C14H20FN3O/c1-11(12-4-2-3-5-13(12)15)18-8-6-17(7-9-18)10-14(16)19/h2-5,11H,6-10H2,1H3,(H2,16,19)/t11-/m0/s1. The quantitative estimate of drug-likeness (QED) is 0.883. The monoisotopic (exact) mass is 265 g/mol. The maximum atomic E-state index is 13.7. The molecule has 1 aliphatic rings. The van der Waals surface area contributed by atoms with E-state index in [1.165, 1.54) is 6.07 Å². The van der Waals surface area contributed by atoms with E-state index in [9.17, 15) is 9.18 Å². The number of amides is 1. The van der Waals surface area contributed by atoms with E-state index in [0.717, 1.165) is 31.7 Å². The van der Waals surface area contributed by atoms with E-state index in [2.05, 4.69) is 4.90 Å². The second kappa shape index (κ2) is 6.12.